The van der Waals surface area contributed by atoms with Gasteiger partial charge in [0.05, 0.1) is 16.5 Å². The van der Waals surface area contributed by atoms with Gasteiger partial charge in [0, 0.05) is 6.07 Å². The summed E-state index contributed by atoms with van der Waals surface area (Å²) in [5, 5.41) is 13.9. The summed E-state index contributed by atoms with van der Waals surface area (Å²) >= 11 is 1.09. The standard InChI is InChI=1S/C15H15FN6O2S/c1-8-7-12(24-21-8)18-14(23)9(2)25-15-20-19-13(22(15)17)10-5-3-4-6-11(10)16/h3-7,9H,17H2,1-2H3,(H,18,23). The van der Waals surface area contributed by atoms with E-state index in [2.05, 4.69) is 20.7 Å². The first-order chi connectivity index (χ1) is 12.0. The summed E-state index contributed by atoms with van der Waals surface area (Å²) in [4.78, 5) is 12.2. The van der Waals surface area contributed by atoms with E-state index < -0.39 is 11.1 Å². The maximum Gasteiger partial charge on any atom is 0.240 e. The molecule has 3 rings (SSSR count). The van der Waals surface area contributed by atoms with Crippen LogP contribution < -0.4 is 11.2 Å². The lowest BCUT2D eigenvalue weighted by molar-refractivity contribution is -0.115. The van der Waals surface area contributed by atoms with Gasteiger partial charge in [0.1, 0.15) is 5.82 Å². The van der Waals surface area contributed by atoms with E-state index in [0.717, 1.165) is 16.4 Å². The fourth-order valence-electron chi connectivity index (χ4n) is 2.04. The number of aromatic nitrogens is 4. The molecule has 130 valence electrons. The number of thioether (sulfide) groups is 1. The number of nitrogens with two attached hydrogens (primary N) is 1. The van der Waals surface area contributed by atoms with Gasteiger partial charge in [-0.2, -0.15) is 0 Å². The van der Waals surface area contributed by atoms with Crippen LogP contribution in [0.4, 0.5) is 10.3 Å². The number of halogens is 1. The molecule has 0 saturated carbocycles. The third-order valence-corrected chi connectivity index (χ3v) is 4.36. The van der Waals surface area contributed by atoms with Crippen molar-refractivity contribution < 1.29 is 13.7 Å². The Morgan fingerprint density at radius 2 is 2.16 bits per heavy atom. The highest BCUT2D eigenvalue weighted by Gasteiger charge is 2.21. The van der Waals surface area contributed by atoms with Gasteiger partial charge in [-0.15, -0.1) is 10.2 Å². The molecule has 0 bridgehead atoms. The normalized spacial score (nSPS) is 12.1. The quantitative estimate of drug-likeness (QED) is 0.528. The summed E-state index contributed by atoms with van der Waals surface area (Å²) < 4.78 is 20.0. The van der Waals surface area contributed by atoms with Crippen molar-refractivity contribution in [3.8, 4) is 11.4 Å². The zero-order valence-corrected chi connectivity index (χ0v) is 14.2. The number of amides is 1. The molecule has 0 radical (unpaired) electrons. The molecule has 2 aromatic heterocycles. The molecule has 8 nitrogen and oxygen atoms in total. The van der Waals surface area contributed by atoms with Crippen molar-refractivity contribution in [3.05, 3.63) is 41.8 Å². The second-order valence-corrected chi connectivity index (χ2v) is 6.55. The van der Waals surface area contributed by atoms with Crippen LogP contribution in [0.5, 0.6) is 0 Å². The predicted octanol–water partition coefficient (Wildman–Crippen LogP) is 2.21. The number of rotatable bonds is 5. The van der Waals surface area contributed by atoms with Gasteiger partial charge in [-0.25, -0.2) is 9.07 Å². The molecule has 0 aliphatic rings. The zero-order valence-electron chi connectivity index (χ0n) is 13.4. The number of nitrogens with one attached hydrogen (secondary N) is 1. The molecule has 0 fully saturated rings. The molecule has 1 amide bonds. The Morgan fingerprint density at radius 3 is 2.84 bits per heavy atom. The van der Waals surface area contributed by atoms with Crippen LogP contribution in [-0.4, -0.2) is 31.2 Å². The van der Waals surface area contributed by atoms with Crippen LogP contribution in [0.1, 0.15) is 12.6 Å². The first-order valence-electron chi connectivity index (χ1n) is 7.32. The van der Waals surface area contributed by atoms with Crippen LogP contribution >= 0.6 is 11.8 Å². The number of carbonyl (C=O) groups excluding carboxylic acids is 1. The van der Waals surface area contributed by atoms with E-state index in [0.29, 0.717) is 5.69 Å². The number of benzene rings is 1. The summed E-state index contributed by atoms with van der Waals surface area (Å²) in [7, 11) is 0. The molecular formula is C15H15FN6O2S. The lowest BCUT2D eigenvalue weighted by atomic mass is 10.2. The summed E-state index contributed by atoms with van der Waals surface area (Å²) in [5.74, 6) is 5.63. The highest BCUT2D eigenvalue weighted by molar-refractivity contribution is 8.00. The average Bonchev–Trinajstić information content (AvgIpc) is 3.14. The first kappa shape index (κ1) is 17.0. The Hall–Kier alpha value is -2.88. The molecule has 3 N–H and O–H groups in total. The van der Waals surface area contributed by atoms with Gasteiger partial charge < -0.3 is 10.4 Å². The van der Waals surface area contributed by atoms with E-state index in [1.165, 1.54) is 6.07 Å². The SMILES string of the molecule is Cc1cc(NC(=O)C(C)Sc2nnc(-c3ccccc3F)n2N)on1. The van der Waals surface area contributed by atoms with E-state index in [9.17, 15) is 9.18 Å². The minimum Gasteiger partial charge on any atom is -0.338 e. The number of nitrogens with zero attached hydrogens (tertiary/aromatic N) is 4. The summed E-state index contributed by atoms with van der Waals surface area (Å²) in [6, 6.07) is 7.72. The highest BCUT2D eigenvalue weighted by Crippen LogP contribution is 2.26. The molecule has 3 aromatic rings. The maximum atomic E-state index is 13.9. The van der Waals surface area contributed by atoms with Gasteiger partial charge in [0.15, 0.2) is 5.82 Å². The van der Waals surface area contributed by atoms with Crippen molar-refractivity contribution in [3.63, 3.8) is 0 Å². The van der Waals surface area contributed by atoms with E-state index in [1.54, 1.807) is 38.1 Å². The zero-order chi connectivity index (χ0) is 18.0. The van der Waals surface area contributed by atoms with Gasteiger partial charge in [-0.05, 0) is 26.0 Å². The van der Waals surface area contributed by atoms with Crippen molar-refractivity contribution >= 4 is 23.6 Å². The van der Waals surface area contributed by atoms with Crippen molar-refractivity contribution in [2.75, 3.05) is 11.2 Å². The smallest absolute Gasteiger partial charge is 0.240 e. The van der Waals surface area contributed by atoms with E-state index in [1.807, 2.05) is 0 Å². The molecule has 2 heterocycles. The van der Waals surface area contributed by atoms with Crippen LogP contribution in [-0.2, 0) is 4.79 Å². The third kappa shape index (κ3) is 3.63. The largest absolute Gasteiger partial charge is 0.338 e. The Balaban J connectivity index is 1.73. The molecule has 1 aromatic carbocycles. The molecule has 10 heteroatoms. The van der Waals surface area contributed by atoms with Crippen LogP contribution in [0.2, 0.25) is 0 Å². The number of hydrogen-bond donors (Lipinski definition) is 2. The molecule has 0 spiro atoms. The van der Waals surface area contributed by atoms with Crippen LogP contribution in [0.3, 0.4) is 0 Å². The number of aryl methyl sites for hydroxylation is 1. The Bertz CT molecular complexity index is 909. The third-order valence-electron chi connectivity index (χ3n) is 3.31. The monoisotopic (exact) mass is 362 g/mol. The molecule has 0 aliphatic carbocycles. The Labute approximate surface area is 146 Å². The summed E-state index contributed by atoms with van der Waals surface area (Å²) in [6.07, 6.45) is 0. The van der Waals surface area contributed by atoms with Gasteiger partial charge in [0.2, 0.25) is 16.9 Å². The first-order valence-corrected chi connectivity index (χ1v) is 8.20. The molecule has 1 atom stereocenters. The number of carbonyl (C=O) groups is 1. The number of hydrogen-bond acceptors (Lipinski definition) is 7. The second-order valence-electron chi connectivity index (χ2n) is 5.24. The molecule has 0 saturated heterocycles. The van der Waals surface area contributed by atoms with E-state index in [4.69, 9.17) is 10.4 Å². The molecule has 25 heavy (non-hydrogen) atoms. The summed E-state index contributed by atoms with van der Waals surface area (Å²) in [5.41, 5.74) is 0.894. The lowest BCUT2D eigenvalue weighted by Crippen LogP contribution is -2.23. The van der Waals surface area contributed by atoms with Crippen LogP contribution in [0, 0.1) is 12.7 Å². The molecule has 0 aliphatic heterocycles. The van der Waals surface area contributed by atoms with E-state index >= 15 is 0 Å². The van der Waals surface area contributed by atoms with Crippen molar-refractivity contribution in [2.24, 2.45) is 0 Å². The Morgan fingerprint density at radius 1 is 1.40 bits per heavy atom. The second kappa shape index (κ2) is 6.93. The fourth-order valence-corrected chi connectivity index (χ4v) is 2.81. The molecular weight excluding hydrogens is 347 g/mol. The number of nitrogen functional groups attached to an aromatic ring is 1. The molecule has 1 unspecified atom stereocenters. The van der Waals surface area contributed by atoms with Gasteiger partial charge in [-0.1, -0.05) is 29.1 Å². The van der Waals surface area contributed by atoms with Gasteiger partial charge >= 0.3 is 0 Å². The van der Waals surface area contributed by atoms with Crippen molar-refractivity contribution in [2.45, 2.75) is 24.3 Å². The van der Waals surface area contributed by atoms with Gasteiger partial charge in [0.25, 0.3) is 0 Å². The lowest BCUT2D eigenvalue weighted by Gasteiger charge is -2.09. The topological polar surface area (TPSA) is 112 Å². The van der Waals surface area contributed by atoms with Crippen molar-refractivity contribution in [1.82, 2.24) is 20.0 Å². The van der Waals surface area contributed by atoms with Crippen molar-refractivity contribution in [1.29, 1.82) is 0 Å². The minimum atomic E-state index is -0.537. The number of anilines is 1. The fraction of sp³-hybridized carbons (Fsp3) is 0.200. The maximum absolute atomic E-state index is 13.9. The summed E-state index contributed by atoms with van der Waals surface area (Å²) in [6.45, 7) is 3.43. The highest BCUT2D eigenvalue weighted by atomic mass is 32.2. The Kier molecular flexibility index (Phi) is 4.70. The van der Waals surface area contributed by atoms with E-state index in [-0.39, 0.29) is 28.3 Å². The van der Waals surface area contributed by atoms with Crippen LogP contribution in [0.25, 0.3) is 11.4 Å². The minimum absolute atomic E-state index is 0.180. The predicted molar refractivity (Wildman–Crippen MR) is 90.8 cm³/mol. The average molecular weight is 362 g/mol. The van der Waals surface area contributed by atoms with Gasteiger partial charge in [-0.3, -0.25) is 10.1 Å². The van der Waals surface area contributed by atoms with Crippen LogP contribution in [0.15, 0.2) is 40.0 Å².